The van der Waals surface area contributed by atoms with Gasteiger partial charge in [-0.2, -0.15) is 5.26 Å². The summed E-state index contributed by atoms with van der Waals surface area (Å²) in [4.78, 5) is 24.4. The zero-order chi connectivity index (χ0) is 21.5. The van der Waals surface area contributed by atoms with Gasteiger partial charge < -0.3 is 10.1 Å². The first-order chi connectivity index (χ1) is 14.4. The van der Waals surface area contributed by atoms with Crippen molar-refractivity contribution in [1.29, 1.82) is 5.26 Å². The number of nitriles is 1. The number of ether oxygens (including phenoxy) is 1. The molecule has 0 aliphatic rings. The molecule has 30 heavy (non-hydrogen) atoms. The van der Waals surface area contributed by atoms with E-state index in [0.717, 1.165) is 4.47 Å². The van der Waals surface area contributed by atoms with Gasteiger partial charge in [-0.1, -0.05) is 28.1 Å². The first-order valence-corrected chi connectivity index (χ1v) is 9.50. The van der Waals surface area contributed by atoms with E-state index in [1.165, 1.54) is 30.3 Å². The first-order valence-electron chi connectivity index (χ1n) is 8.71. The molecule has 3 rings (SSSR count). The summed E-state index contributed by atoms with van der Waals surface area (Å²) in [6.45, 7) is 0. The summed E-state index contributed by atoms with van der Waals surface area (Å²) >= 11 is 3.30. The van der Waals surface area contributed by atoms with Crippen molar-refractivity contribution in [3.8, 4) is 11.8 Å². The van der Waals surface area contributed by atoms with E-state index in [2.05, 4.69) is 21.2 Å². The van der Waals surface area contributed by atoms with E-state index in [1.807, 2.05) is 6.07 Å². The molecule has 0 bridgehead atoms. The molecule has 0 radical (unpaired) electrons. The molecule has 0 saturated heterocycles. The third kappa shape index (κ3) is 5.63. The van der Waals surface area contributed by atoms with Crippen molar-refractivity contribution in [3.63, 3.8) is 0 Å². The Bertz CT molecular complexity index is 1130. The van der Waals surface area contributed by atoms with Gasteiger partial charge in [0.05, 0.1) is 5.56 Å². The van der Waals surface area contributed by atoms with Crippen LogP contribution in [0.3, 0.4) is 0 Å². The highest BCUT2D eigenvalue weighted by atomic mass is 79.9. The van der Waals surface area contributed by atoms with Crippen molar-refractivity contribution in [2.45, 2.75) is 0 Å². The van der Waals surface area contributed by atoms with Gasteiger partial charge in [0.1, 0.15) is 23.2 Å². The highest BCUT2D eigenvalue weighted by Gasteiger charge is 2.11. The smallest absolute Gasteiger partial charge is 0.343 e. The maximum Gasteiger partial charge on any atom is 0.343 e. The van der Waals surface area contributed by atoms with Gasteiger partial charge >= 0.3 is 5.97 Å². The zero-order valence-electron chi connectivity index (χ0n) is 15.4. The standard InChI is InChI=1S/C23H14BrFN2O3/c24-18-5-3-16(4-6-18)23(29)30-21-11-1-15(2-12-21)13-17(14-26)22(28)27-20-9-7-19(25)8-10-20/h1-13H,(H,27,28)/b17-13+. The Morgan fingerprint density at radius 2 is 1.60 bits per heavy atom. The minimum absolute atomic E-state index is 0.126. The average Bonchev–Trinajstić information content (AvgIpc) is 2.75. The molecule has 3 aromatic rings. The van der Waals surface area contributed by atoms with Crippen LogP contribution in [-0.4, -0.2) is 11.9 Å². The Morgan fingerprint density at radius 3 is 2.20 bits per heavy atom. The van der Waals surface area contributed by atoms with Crippen molar-refractivity contribution in [2.24, 2.45) is 0 Å². The molecule has 0 atom stereocenters. The lowest BCUT2D eigenvalue weighted by Crippen LogP contribution is -2.13. The van der Waals surface area contributed by atoms with E-state index in [-0.39, 0.29) is 5.57 Å². The predicted octanol–water partition coefficient (Wildman–Crippen LogP) is 5.35. The van der Waals surface area contributed by atoms with Gasteiger partial charge in [0.15, 0.2) is 0 Å². The molecule has 0 spiro atoms. The van der Waals surface area contributed by atoms with Crippen LogP contribution >= 0.6 is 15.9 Å². The normalized spacial score (nSPS) is 10.8. The van der Waals surface area contributed by atoms with Crippen LogP contribution in [0, 0.1) is 17.1 Å². The quantitative estimate of drug-likeness (QED) is 0.238. The third-order valence-corrected chi connectivity index (χ3v) is 4.48. The molecule has 0 fully saturated rings. The molecule has 1 N–H and O–H groups in total. The van der Waals surface area contributed by atoms with Gasteiger partial charge in [0.25, 0.3) is 5.91 Å². The molecule has 0 heterocycles. The van der Waals surface area contributed by atoms with Gasteiger partial charge in [-0.25, -0.2) is 9.18 Å². The van der Waals surface area contributed by atoms with Gasteiger partial charge in [0.2, 0.25) is 0 Å². The number of carbonyl (C=O) groups excluding carboxylic acids is 2. The summed E-state index contributed by atoms with van der Waals surface area (Å²) in [5.74, 6) is -1.21. The minimum Gasteiger partial charge on any atom is -0.423 e. The SMILES string of the molecule is N#C/C(=C\c1ccc(OC(=O)c2ccc(Br)cc2)cc1)C(=O)Nc1ccc(F)cc1. The van der Waals surface area contributed by atoms with Crippen molar-refractivity contribution >= 4 is 39.6 Å². The van der Waals surface area contributed by atoms with Crippen LogP contribution in [0.4, 0.5) is 10.1 Å². The van der Waals surface area contributed by atoms with E-state index in [1.54, 1.807) is 48.5 Å². The molecule has 0 unspecified atom stereocenters. The summed E-state index contributed by atoms with van der Waals surface area (Å²) in [5, 5.41) is 11.8. The molecule has 7 heteroatoms. The summed E-state index contributed by atoms with van der Waals surface area (Å²) in [7, 11) is 0. The number of carbonyl (C=O) groups is 2. The van der Waals surface area contributed by atoms with Crippen LogP contribution in [0.25, 0.3) is 6.08 Å². The maximum absolute atomic E-state index is 13.0. The highest BCUT2D eigenvalue weighted by Crippen LogP contribution is 2.18. The number of anilines is 1. The van der Waals surface area contributed by atoms with Gasteiger partial charge in [-0.05, 0) is 72.3 Å². The molecule has 0 saturated carbocycles. The van der Waals surface area contributed by atoms with Crippen LogP contribution in [0.1, 0.15) is 15.9 Å². The van der Waals surface area contributed by atoms with E-state index >= 15 is 0 Å². The van der Waals surface area contributed by atoms with Crippen LogP contribution in [0.2, 0.25) is 0 Å². The first kappa shape index (κ1) is 21.0. The molecule has 3 aromatic carbocycles. The van der Waals surface area contributed by atoms with E-state index < -0.39 is 17.7 Å². The number of nitrogens with zero attached hydrogens (tertiary/aromatic N) is 1. The lowest BCUT2D eigenvalue weighted by Gasteiger charge is -2.06. The van der Waals surface area contributed by atoms with Gasteiger partial charge in [0, 0.05) is 10.2 Å². The van der Waals surface area contributed by atoms with Crippen LogP contribution in [-0.2, 0) is 4.79 Å². The molecule has 0 aromatic heterocycles. The van der Waals surface area contributed by atoms with Crippen LogP contribution in [0.5, 0.6) is 5.75 Å². The highest BCUT2D eigenvalue weighted by molar-refractivity contribution is 9.10. The Labute approximate surface area is 180 Å². The fraction of sp³-hybridized carbons (Fsp3) is 0. The number of halogens is 2. The second kappa shape index (κ2) is 9.63. The Kier molecular flexibility index (Phi) is 6.73. The lowest BCUT2D eigenvalue weighted by molar-refractivity contribution is -0.112. The molecule has 148 valence electrons. The third-order valence-electron chi connectivity index (χ3n) is 3.95. The van der Waals surface area contributed by atoms with E-state index in [9.17, 15) is 19.2 Å². The minimum atomic E-state index is -0.616. The monoisotopic (exact) mass is 464 g/mol. The van der Waals surface area contributed by atoms with Crippen molar-refractivity contribution in [3.05, 3.63) is 99.8 Å². The van der Waals surface area contributed by atoms with Gasteiger partial charge in [-0.3, -0.25) is 4.79 Å². The number of esters is 1. The lowest BCUT2D eigenvalue weighted by atomic mass is 10.1. The predicted molar refractivity (Wildman–Crippen MR) is 114 cm³/mol. The summed E-state index contributed by atoms with van der Waals surface area (Å²) < 4.78 is 19.1. The number of benzene rings is 3. The van der Waals surface area contributed by atoms with Crippen molar-refractivity contribution < 1.29 is 18.7 Å². The fourth-order valence-corrected chi connectivity index (χ4v) is 2.70. The fourth-order valence-electron chi connectivity index (χ4n) is 2.43. The zero-order valence-corrected chi connectivity index (χ0v) is 17.0. The molecule has 5 nitrogen and oxygen atoms in total. The van der Waals surface area contributed by atoms with Crippen LogP contribution < -0.4 is 10.1 Å². The Hall–Kier alpha value is -3.76. The number of amides is 1. The molecule has 0 aliphatic heterocycles. The molecule has 0 aliphatic carbocycles. The second-order valence-electron chi connectivity index (χ2n) is 6.10. The molecule has 1 amide bonds. The van der Waals surface area contributed by atoms with Crippen molar-refractivity contribution in [2.75, 3.05) is 5.32 Å². The van der Waals surface area contributed by atoms with Gasteiger partial charge in [-0.15, -0.1) is 0 Å². The molecular weight excluding hydrogens is 451 g/mol. The maximum atomic E-state index is 13.0. The number of hydrogen-bond donors (Lipinski definition) is 1. The summed E-state index contributed by atoms with van der Waals surface area (Å²) in [6, 6.07) is 20.2. The summed E-state index contributed by atoms with van der Waals surface area (Å²) in [6.07, 6.45) is 1.40. The molecular formula is C23H14BrFN2O3. The topological polar surface area (TPSA) is 79.2 Å². The Balaban J connectivity index is 1.67. The number of hydrogen-bond acceptors (Lipinski definition) is 4. The summed E-state index contributed by atoms with van der Waals surface area (Å²) in [5.41, 5.74) is 1.23. The number of rotatable bonds is 5. The Morgan fingerprint density at radius 1 is 0.967 bits per heavy atom. The van der Waals surface area contributed by atoms with E-state index in [0.29, 0.717) is 22.6 Å². The van der Waals surface area contributed by atoms with E-state index in [4.69, 9.17) is 4.74 Å². The largest absolute Gasteiger partial charge is 0.423 e. The van der Waals surface area contributed by atoms with Crippen molar-refractivity contribution in [1.82, 2.24) is 0 Å². The second-order valence-corrected chi connectivity index (χ2v) is 7.01. The van der Waals surface area contributed by atoms with Crippen LogP contribution in [0.15, 0.2) is 82.8 Å². The number of nitrogens with one attached hydrogen (secondary N) is 1. The average molecular weight is 465 g/mol.